The quantitative estimate of drug-likeness (QED) is 0.742. The summed E-state index contributed by atoms with van der Waals surface area (Å²) in [5, 5.41) is 3.69. The zero-order valence-electron chi connectivity index (χ0n) is 10.5. The van der Waals surface area contributed by atoms with E-state index in [-0.39, 0.29) is 0 Å². The molecule has 1 aliphatic rings. The molecule has 2 rings (SSSR count). The SMILES string of the molecule is CC(C)CCCNC1CCc2ccccc21. The number of rotatable bonds is 5. The Morgan fingerprint density at radius 3 is 2.94 bits per heavy atom. The lowest BCUT2D eigenvalue weighted by Gasteiger charge is -2.14. The van der Waals surface area contributed by atoms with Crippen molar-refractivity contribution in [3.8, 4) is 0 Å². The van der Waals surface area contributed by atoms with Crippen LogP contribution in [0, 0.1) is 5.92 Å². The van der Waals surface area contributed by atoms with Crippen molar-refractivity contribution in [2.24, 2.45) is 5.92 Å². The van der Waals surface area contributed by atoms with E-state index in [1.165, 1.54) is 31.2 Å². The minimum Gasteiger partial charge on any atom is -0.310 e. The lowest BCUT2D eigenvalue weighted by atomic mass is 10.1. The molecule has 0 bridgehead atoms. The summed E-state index contributed by atoms with van der Waals surface area (Å²) in [6, 6.07) is 9.48. The van der Waals surface area contributed by atoms with E-state index < -0.39 is 0 Å². The van der Waals surface area contributed by atoms with Gasteiger partial charge in [-0.2, -0.15) is 0 Å². The summed E-state index contributed by atoms with van der Waals surface area (Å²) in [5.74, 6) is 0.831. The van der Waals surface area contributed by atoms with Crippen molar-refractivity contribution in [3.05, 3.63) is 35.4 Å². The van der Waals surface area contributed by atoms with Gasteiger partial charge in [-0.3, -0.25) is 0 Å². The van der Waals surface area contributed by atoms with Crippen LogP contribution >= 0.6 is 0 Å². The lowest BCUT2D eigenvalue weighted by Crippen LogP contribution is -2.20. The van der Waals surface area contributed by atoms with Gasteiger partial charge >= 0.3 is 0 Å². The van der Waals surface area contributed by atoms with E-state index in [9.17, 15) is 0 Å². The van der Waals surface area contributed by atoms with Crippen molar-refractivity contribution in [3.63, 3.8) is 0 Å². The van der Waals surface area contributed by atoms with Crippen LogP contribution in [0.25, 0.3) is 0 Å². The van der Waals surface area contributed by atoms with E-state index >= 15 is 0 Å². The van der Waals surface area contributed by atoms with Gasteiger partial charge in [-0.05, 0) is 49.3 Å². The monoisotopic (exact) mass is 217 g/mol. The van der Waals surface area contributed by atoms with Gasteiger partial charge in [0.05, 0.1) is 0 Å². The Balaban J connectivity index is 1.80. The minimum atomic E-state index is 0.614. The second-order valence-electron chi connectivity index (χ2n) is 5.28. The molecular weight excluding hydrogens is 194 g/mol. The minimum absolute atomic E-state index is 0.614. The number of hydrogen-bond acceptors (Lipinski definition) is 1. The van der Waals surface area contributed by atoms with Crippen LogP contribution in [0.2, 0.25) is 0 Å². The van der Waals surface area contributed by atoms with E-state index in [0.717, 1.165) is 12.5 Å². The summed E-state index contributed by atoms with van der Waals surface area (Å²) in [7, 11) is 0. The summed E-state index contributed by atoms with van der Waals surface area (Å²) in [5.41, 5.74) is 3.08. The van der Waals surface area contributed by atoms with Gasteiger partial charge in [0.1, 0.15) is 0 Å². The Morgan fingerprint density at radius 1 is 1.31 bits per heavy atom. The molecule has 16 heavy (non-hydrogen) atoms. The summed E-state index contributed by atoms with van der Waals surface area (Å²) in [6.07, 6.45) is 5.16. The number of benzene rings is 1. The zero-order valence-corrected chi connectivity index (χ0v) is 10.5. The number of nitrogens with one attached hydrogen (secondary N) is 1. The van der Waals surface area contributed by atoms with E-state index in [2.05, 4.69) is 43.4 Å². The molecule has 1 N–H and O–H groups in total. The van der Waals surface area contributed by atoms with Crippen molar-refractivity contribution in [2.45, 2.75) is 45.6 Å². The number of aryl methyl sites for hydroxylation is 1. The molecule has 0 amide bonds. The van der Waals surface area contributed by atoms with Crippen LogP contribution in [-0.4, -0.2) is 6.54 Å². The highest BCUT2D eigenvalue weighted by molar-refractivity contribution is 5.34. The third-order valence-corrected chi connectivity index (χ3v) is 3.48. The fourth-order valence-electron chi connectivity index (χ4n) is 2.56. The highest BCUT2D eigenvalue weighted by Gasteiger charge is 2.20. The van der Waals surface area contributed by atoms with Crippen LogP contribution in [-0.2, 0) is 6.42 Å². The molecule has 0 radical (unpaired) electrons. The first-order valence-electron chi connectivity index (χ1n) is 6.58. The van der Waals surface area contributed by atoms with Crippen LogP contribution < -0.4 is 5.32 Å². The highest BCUT2D eigenvalue weighted by atomic mass is 14.9. The van der Waals surface area contributed by atoms with E-state index in [1.54, 1.807) is 5.56 Å². The molecule has 1 aromatic carbocycles. The first-order chi connectivity index (χ1) is 7.77. The molecule has 1 atom stereocenters. The Kier molecular flexibility index (Phi) is 4.00. The second-order valence-corrected chi connectivity index (χ2v) is 5.28. The van der Waals surface area contributed by atoms with Gasteiger partial charge in [-0.25, -0.2) is 0 Å². The first-order valence-corrected chi connectivity index (χ1v) is 6.58. The molecule has 1 heteroatoms. The molecule has 0 aromatic heterocycles. The standard InChI is InChI=1S/C15H23N/c1-12(2)6-5-11-16-15-10-9-13-7-3-4-8-14(13)15/h3-4,7-8,12,15-16H,5-6,9-11H2,1-2H3. The van der Waals surface area contributed by atoms with E-state index in [0.29, 0.717) is 6.04 Å². The van der Waals surface area contributed by atoms with Crippen molar-refractivity contribution in [1.29, 1.82) is 0 Å². The predicted molar refractivity (Wildman–Crippen MR) is 69.6 cm³/mol. The molecular formula is C15H23N. The molecule has 0 fully saturated rings. The molecule has 1 aromatic rings. The fourth-order valence-corrected chi connectivity index (χ4v) is 2.56. The molecule has 0 spiro atoms. The van der Waals surface area contributed by atoms with Crippen LogP contribution in [0.15, 0.2) is 24.3 Å². The maximum atomic E-state index is 3.69. The van der Waals surface area contributed by atoms with Crippen LogP contribution in [0.1, 0.15) is 50.3 Å². The number of fused-ring (bicyclic) bond motifs is 1. The largest absolute Gasteiger partial charge is 0.310 e. The molecule has 0 heterocycles. The number of hydrogen-bond donors (Lipinski definition) is 1. The van der Waals surface area contributed by atoms with Gasteiger partial charge in [0, 0.05) is 6.04 Å². The normalized spacial score (nSPS) is 19.1. The molecule has 1 nitrogen and oxygen atoms in total. The smallest absolute Gasteiger partial charge is 0.0326 e. The van der Waals surface area contributed by atoms with Crippen LogP contribution in [0.3, 0.4) is 0 Å². The Morgan fingerprint density at radius 2 is 2.12 bits per heavy atom. The average Bonchev–Trinajstić information content (AvgIpc) is 2.68. The topological polar surface area (TPSA) is 12.0 Å². The van der Waals surface area contributed by atoms with Gasteiger partial charge in [0.15, 0.2) is 0 Å². The Hall–Kier alpha value is -0.820. The van der Waals surface area contributed by atoms with Crippen molar-refractivity contribution in [2.75, 3.05) is 6.54 Å². The van der Waals surface area contributed by atoms with Gasteiger partial charge in [0.25, 0.3) is 0 Å². The molecule has 0 aliphatic heterocycles. The molecule has 1 aliphatic carbocycles. The molecule has 0 saturated heterocycles. The van der Waals surface area contributed by atoms with E-state index in [1.807, 2.05) is 0 Å². The average molecular weight is 217 g/mol. The molecule has 0 saturated carbocycles. The maximum Gasteiger partial charge on any atom is 0.0326 e. The predicted octanol–water partition coefficient (Wildman–Crippen LogP) is 3.70. The summed E-state index contributed by atoms with van der Waals surface area (Å²) >= 11 is 0. The molecule has 88 valence electrons. The van der Waals surface area contributed by atoms with Gasteiger partial charge in [-0.15, -0.1) is 0 Å². The second kappa shape index (κ2) is 5.49. The van der Waals surface area contributed by atoms with Crippen LogP contribution in [0.5, 0.6) is 0 Å². The summed E-state index contributed by atoms with van der Waals surface area (Å²) in [6.45, 7) is 5.76. The van der Waals surface area contributed by atoms with Crippen LogP contribution in [0.4, 0.5) is 0 Å². The van der Waals surface area contributed by atoms with Gasteiger partial charge in [-0.1, -0.05) is 38.1 Å². The first kappa shape index (κ1) is 11.7. The Labute approximate surface area is 99.3 Å². The zero-order chi connectivity index (χ0) is 11.4. The fraction of sp³-hybridized carbons (Fsp3) is 0.600. The third-order valence-electron chi connectivity index (χ3n) is 3.48. The van der Waals surface area contributed by atoms with Gasteiger partial charge < -0.3 is 5.32 Å². The van der Waals surface area contributed by atoms with Crippen molar-refractivity contribution < 1.29 is 0 Å². The van der Waals surface area contributed by atoms with Gasteiger partial charge in [0.2, 0.25) is 0 Å². The summed E-state index contributed by atoms with van der Waals surface area (Å²) < 4.78 is 0. The van der Waals surface area contributed by atoms with Crippen molar-refractivity contribution in [1.82, 2.24) is 5.32 Å². The molecule has 1 unspecified atom stereocenters. The van der Waals surface area contributed by atoms with Crippen molar-refractivity contribution >= 4 is 0 Å². The maximum absolute atomic E-state index is 3.69. The Bertz CT molecular complexity index is 330. The lowest BCUT2D eigenvalue weighted by molar-refractivity contribution is 0.479. The van der Waals surface area contributed by atoms with E-state index in [4.69, 9.17) is 0 Å². The third kappa shape index (κ3) is 2.85. The summed E-state index contributed by atoms with van der Waals surface area (Å²) in [4.78, 5) is 0. The highest BCUT2D eigenvalue weighted by Crippen LogP contribution is 2.30.